The van der Waals surface area contributed by atoms with E-state index in [9.17, 15) is 8.78 Å². The van der Waals surface area contributed by atoms with Crippen molar-refractivity contribution in [1.82, 2.24) is 0 Å². The van der Waals surface area contributed by atoms with Crippen LogP contribution in [0.4, 0.5) is 8.78 Å². The van der Waals surface area contributed by atoms with Crippen molar-refractivity contribution in [3.05, 3.63) is 48.0 Å². The molecule has 0 N–H and O–H groups in total. The van der Waals surface area contributed by atoms with Crippen LogP contribution >= 0.6 is 0 Å². The maximum Gasteiger partial charge on any atom is 0.201 e. The Balaban J connectivity index is 2.46. The van der Waals surface area contributed by atoms with Gasteiger partial charge in [-0.3, -0.25) is 0 Å². The van der Waals surface area contributed by atoms with Gasteiger partial charge in [-0.1, -0.05) is 29.7 Å². The molecule has 0 bridgehead atoms. The van der Waals surface area contributed by atoms with Gasteiger partial charge in [0.1, 0.15) is 7.85 Å². The summed E-state index contributed by atoms with van der Waals surface area (Å²) in [6, 6.07) is 10.3. The summed E-state index contributed by atoms with van der Waals surface area (Å²) >= 11 is 0. The van der Waals surface area contributed by atoms with Gasteiger partial charge < -0.3 is 4.74 Å². The quantitative estimate of drug-likeness (QED) is 0.755. The molecule has 0 saturated heterocycles. The predicted molar refractivity (Wildman–Crippen MR) is 71.1 cm³/mol. The number of rotatable bonds is 3. The van der Waals surface area contributed by atoms with Crippen molar-refractivity contribution in [3.63, 3.8) is 0 Å². The van der Waals surface area contributed by atoms with Crippen molar-refractivity contribution < 1.29 is 13.5 Å². The number of halogens is 2. The molecule has 0 saturated carbocycles. The summed E-state index contributed by atoms with van der Waals surface area (Å²) in [6.45, 7) is 2.03. The second-order valence-electron chi connectivity index (χ2n) is 4.04. The van der Waals surface area contributed by atoms with Gasteiger partial charge in [0.25, 0.3) is 0 Å². The van der Waals surface area contributed by atoms with E-state index in [2.05, 4.69) is 0 Å². The van der Waals surface area contributed by atoms with E-state index in [1.165, 1.54) is 12.1 Å². The summed E-state index contributed by atoms with van der Waals surface area (Å²) < 4.78 is 32.6. The van der Waals surface area contributed by atoms with Gasteiger partial charge in [-0.15, -0.1) is 0 Å². The molecule has 0 aromatic heterocycles. The highest BCUT2D eigenvalue weighted by Crippen LogP contribution is 2.29. The summed E-state index contributed by atoms with van der Waals surface area (Å²) in [5.74, 6) is -1.86. The van der Waals surface area contributed by atoms with Crippen LogP contribution in [-0.4, -0.2) is 14.5 Å². The highest BCUT2D eigenvalue weighted by molar-refractivity contribution is 6.32. The predicted octanol–water partition coefficient (Wildman–Crippen LogP) is 2.29. The largest absolute Gasteiger partial charge is 0.491 e. The lowest BCUT2D eigenvalue weighted by atomic mass is 9.93. The Kier molecular flexibility index (Phi) is 3.65. The molecular formula is C14H13BF2O. The number of hydrogen-bond acceptors (Lipinski definition) is 1. The van der Waals surface area contributed by atoms with Crippen LogP contribution < -0.4 is 10.2 Å². The minimum absolute atomic E-state index is 0.0501. The lowest BCUT2D eigenvalue weighted by Gasteiger charge is -2.09. The third-order valence-electron chi connectivity index (χ3n) is 2.71. The molecule has 0 atom stereocenters. The number of hydrogen-bond donors (Lipinski definition) is 0. The summed E-state index contributed by atoms with van der Waals surface area (Å²) in [5.41, 5.74) is 1.97. The smallest absolute Gasteiger partial charge is 0.201 e. The molecule has 92 valence electrons. The zero-order valence-electron chi connectivity index (χ0n) is 10.3. The van der Waals surface area contributed by atoms with Gasteiger partial charge in [-0.25, -0.2) is 4.39 Å². The fraction of sp³-hybridized carbons (Fsp3) is 0.143. The lowest BCUT2D eigenvalue weighted by molar-refractivity contribution is 0.314. The van der Waals surface area contributed by atoms with E-state index >= 15 is 0 Å². The van der Waals surface area contributed by atoms with Gasteiger partial charge in [0, 0.05) is 5.56 Å². The van der Waals surface area contributed by atoms with Crippen molar-refractivity contribution in [3.8, 4) is 16.9 Å². The molecule has 0 aliphatic carbocycles. The first kappa shape index (κ1) is 12.6. The van der Waals surface area contributed by atoms with Crippen LogP contribution in [0.2, 0.25) is 0 Å². The average Bonchev–Trinajstić information content (AvgIpc) is 2.37. The minimum atomic E-state index is -0.935. The van der Waals surface area contributed by atoms with E-state index < -0.39 is 11.6 Å². The molecule has 0 heterocycles. The SMILES string of the molecule is Bc1ccc(-c2ccc(OCC)c(F)c2F)cc1. The summed E-state index contributed by atoms with van der Waals surface area (Å²) in [7, 11) is 1.94. The van der Waals surface area contributed by atoms with Gasteiger partial charge in [-0.05, 0) is 24.6 Å². The fourth-order valence-electron chi connectivity index (χ4n) is 1.75. The van der Waals surface area contributed by atoms with Crippen molar-refractivity contribution in [2.24, 2.45) is 0 Å². The fourth-order valence-corrected chi connectivity index (χ4v) is 1.75. The molecule has 2 aromatic carbocycles. The average molecular weight is 246 g/mol. The highest BCUT2D eigenvalue weighted by atomic mass is 19.2. The molecule has 4 heteroatoms. The summed E-state index contributed by atoms with van der Waals surface area (Å²) in [6.07, 6.45) is 0. The molecule has 0 unspecified atom stereocenters. The van der Waals surface area contributed by atoms with E-state index in [0.29, 0.717) is 12.2 Å². The van der Waals surface area contributed by atoms with Crippen LogP contribution in [0.25, 0.3) is 11.1 Å². The summed E-state index contributed by atoms with van der Waals surface area (Å²) in [4.78, 5) is 0. The van der Waals surface area contributed by atoms with E-state index in [1.807, 2.05) is 20.0 Å². The molecular weight excluding hydrogens is 233 g/mol. The van der Waals surface area contributed by atoms with Crippen molar-refractivity contribution in [1.29, 1.82) is 0 Å². The zero-order chi connectivity index (χ0) is 13.1. The van der Waals surface area contributed by atoms with Crippen LogP contribution in [0.5, 0.6) is 5.75 Å². The van der Waals surface area contributed by atoms with Gasteiger partial charge >= 0.3 is 0 Å². The highest BCUT2D eigenvalue weighted by Gasteiger charge is 2.15. The van der Waals surface area contributed by atoms with Gasteiger partial charge in [-0.2, -0.15) is 4.39 Å². The Hall–Kier alpha value is -1.84. The van der Waals surface area contributed by atoms with Gasteiger partial charge in [0.05, 0.1) is 6.61 Å². The standard InChI is InChI=1S/C14H13BF2O/c1-2-18-12-8-7-11(13(16)14(12)17)9-3-5-10(15)6-4-9/h3-8H,2,15H2,1H3. The van der Waals surface area contributed by atoms with Crippen LogP contribution in [0.1, 0.15) is 6.92 Å². The topological polar surface area (TPSA) is 9.23 Å². The molecule has 0 fully saturated rings. The second-order valence-corrected chi connectivity index (χ2v) is 4.04. The van der Waals surface area contributed by atoms with E-state index in [1.54, 1.807) is 19.1 Å². The Morgan fingerprint density at radius 1 is 1.00 bits per heavy atom. The normalized spacial score (nSPS) is 10.4. The monoisotopic (exact) mass is 246 g/mol. The Labute approximate surface area is 106 Å². The number of ether oxygens (including phenoxy) is 1. The third-order valence-corrected chi connectivity index (χ3v) is 2.71. The summed E-state index contributed by atoms with van der Waals surface area (Å²) in [5, 5.41) is 0. The molecule has 0 radical (unpaired) electrons. The van der Waals surface area contributed by atoms with E-state index in [0.717, 1.165) is 5.46 Å². The first-order valence-electron chi connectivity index (χ1n) is 5.81. The Morgan fingerprint density at radius 2 is 1.67 bits per heavy atom. The lowest BCUT2D eigenvalue weighted by Crippen LogP contribution is -2.01. The van der Waals surface area contributed by atoms with Crippen molar-refractivity contribution in [2.75, 3.05) is 6.61 Å². The maximum atomic E-state index is 13.9. The Morgan fingerprint density at radius 3 is 2.28 bits per heavy atom. The maximum absolute atomic E-state index is 13.9. The van der Waals surface area contributed by atoms with E-state index in [-0.39, 0.29) is 11.3 Å². The molecule has 18 heavy (non-hydrogen) atoms. The molecule has 0 aliphatic rings. The first-order valence-corrected chi connectivity index (χ1v) is 5.81. The first-order chi connectivity index (χ1) is 8.63. The third kappa shape index (κ3) is 2.37. The van der Waals surface area contributed by atoms with E-state index in [4.69, 9.17) is 4.74 Å². The molecule has 2 rings (SSSR count). The van der Waals surface area contributed by atoms with Crippen LogP contribution in [0.3, 0.4) is 0 Å². The van der Waals surface area contributed by atoms with Gasteiger partial charge in [0.15, 0.2) is 11.6 Å². The van der Waals surface area contributed by atoms with Crippen molar-refractivity contribution >= 4 is 13.3 Å². The minimum Gasteiger partial charge on any atom is -0.491 e. The zero-order valence-corrected chi connectivity index (χ0v) is 10.3. The molecule has 0 amide bonds. The van der Waals surface area contributed by atoms with Crippen LogP contribution in [0.15, 0.2) is 36.4 Å². The molecule has 0 aliphatic heterocycles. The molecule has 0 spiro atoms. The Bertz CT molecular complexity index is 552. The van der Waals surface area contributed by atoms with Crippen LogP contribution in [-0.2, 0) is 0 Å². The number of benzene rings is 2. The van der Waals surface area contributed by atoms with Crippen LogP contribution in [0, 0.1) is 11.6 Å². The van der Waals surface area contributed by atoms with Crippen molar-refractivity contribution in [2.45, 2.75) is 6.92 Å². The van der Waals surface area contributed by atoms with Gasteiger partial charge in [0.2, 0.25) is 5.82 Å². The molecule has 1 nitrogen and oxygen atoms in total. The molecule has 2 aromatic rings. The second kappa shape index (κ2) is 5.21.